The van der Waals surface area contributed by atoms with Crippen molar-refractivity contribution in [3.63, 3.8) is 0 Å². The molecule has 0 aliphatic heterocycles. The van der Waals surface area contributed by atoms with Crippen LogP contribution in [-0.2, 0) is 13.2 Å². The molecule has 0 atom stereocenters. The summed E-state index contributed by atoms with van der Waals surface area (Å²) in [5.41, 5.74) is 1.36. The highest BCUT2D eigenvalue weighted by Gasteiger charge is 2.09. The molecule has 0 saturated carbocycles. The van der Waals surface area contributed by atoms with Crippen LogP contribution in [-0.4, -0.2) is 5.11 Å². The summed E-state index contributed by atoms with van der Waals surface area (Å²) in [5, 5.41) is 9.57. The van der Waals surface area contributed by atoms with E-state index < -0.39 is 0 Å². The van der Waals surface area contributed by atoms with Crippen LogP contribution in [0, 0.1) is 5.82 Å². The van der Waals surface area contributed by atoms with Crippen molar-refractivity contribution in [2.45, 2.75) is 13.2 Å². The van der Waals surface area contributed by atoms with Gasteiger partial charge in [0.15, 0.2) is 0 Å². The molecule has 2 aromatic carbocycles. The molecule has 0 aromatic heterocycles. The summed E-state index contributed by atoms with van der Waals surface area (Å²) < 4.78 is 19.3. The van der Waals surface area contributed by atoms with Gasteiger partial charge in [-0.05, 0) is 34.1 Å². The quantitative estimate of drug-likeness (QED) is 0.894. The van der Waals surface area contributed by atoms with Crippen LogP contribution in [0.1, 0.15) is 11.1 Å². The highest BCUT2D eigenvalue weighted by molar-refractivity contribution is 9.10. The number of hydrogen-bond acceptors (Lipinski definition) is 2. The summed E-state index contributed by atoms with van der Waals surface area (Å²) in [7, 11) is 0. The predicted octanol–water partition coefficient (Wildman–Crippen LogP) is 4.31. The molecular formula is C14H11BrClFO2. The summed E-state index contributed by atoms with van der Waals surface area (Å²) in [4.78, 5) is 0. The minimum Gasteiger partial charge on any atom is -0.487 e. The number of ether oxygens (including phenoxy) is 1. The summed E-state index contributed by atoms with van der Waals surface area (Å²) in [6, 6.07) is 9.55. The molecule has 19 heavy (non-hydrogen) atoms. The van der Waals surface area contributed by atoms with Crippen molar-refractivity contribution in [1.29, 1.82) is 0 Å². The van der Waals surface area contributed by atoms with Crippen LogP contribution < -0.4 is 4.74 Å². The van der Waals surface area contributed by atoms with Gasteiger partial charge < -0.3 is 9.84 Å². The molecule has 0 unspecified atom stereocenters. The SMILES string of the molecule is OCc1cccc(Br)c1OCc1ccc(F)cc1Cl. The highest BCUT2D eigenvalue weighted by Crippen LogP contribution is 2.30. The first-order chi connectivity index (χ1) is 9.11. The Labute approximate surface area is 123 Å². The van der Waals surface area contributed by atoms with Gasteiger partial charge in [0.2, 0.25) is 0 Å². The number of benzene rings is 2. The summed E-state index contributed by atoms with van der Waals surface area (Å²) in [5.74, 6) is 0.177. The van der Waals surface area contributed by atoms with Crippen LogP contribution in [0.3, 0.4) is 0 Å². The Morgan fingerprint density at radius 2 is 2.00 bits per heavy atom. The van der Waals surface area contributed by atoms with E-state index in [4.69, 9.17) is 16.3 Å². The number of rotatable bonds is 4. The molecule has 5 heteroatoms. The van der Waals surface area contributed by atoms with E-state index in [1.54, 1.807) is 12.1 Å². The van der Waals surface area contributed by atoms with Crippen molar-refractivity contribution in [3.8, 4) is 5.75 Å². The van der Waals surface area contributed by atoms with Crippen molar-refractivity contribution in [3.05, 3.63) is 62.8 Å². The minimum absolute atomic E-state index is 0.119. The van der Waals surface area contributed by atoms with E-state index in [1.807, 2.05) is 12.1 Å². The number of hydrogen-bond donors (Lipinski definition) is 1. The van der Waals surface area contributed by atoms with Crippen molar-refractivity contribution in [2.75, 3.05) is 0 Å². The molecule has 0 saturated heterocycles. The van der Waals surface area contributed by atoms with Gasteiger partial charge in [-0.1, -0.05) is 29.8 Å². The average Bonchev–Trinajstić information content (AvgIpc) is 2.39. The Balaban J connectivity index is 2.19. The first-order valence-electron chi connectivity index (χ1n) is 5.57. The Morgan fingerprint density at radius 3 is 2.68 bits per heavy atom. The summed E-state index contributed by atoms with van der Waals surface area (Å²) in [6.45, 7) is 0.0840. The summed E-state index contributed by atoms with van der Waals surface area (Å²) >= 11 is 9.29. The molecule has 2 aromatic rings. The minimum atomic E-state index is -0.384. The van der Waals surface area contributed by atoms with Gasteiger partial charge in [-0.3, -0.25) is 0 Å². The third kappa shape index (κ3) is 3.47. The van der Waals surface area contributed by atoms with Gasteiger partial charge in [0, 0.05) is 11.1 Å². The van der Waals surface area contributed by atoms with E-state index in [0.717, 1.165) is 4.47 Å². The fourth-order valence-corrected chi connectivity index (χ4v) is 2.37. The monoisotopic (exact) mass is 344 g/mol. The lowest BCUT2D eigenvalue weighted by atomic mass is 10.2. The molecule has 0 bridgehead atoms. The molecule has 0 aliphatic rings. The molecule has 0 aliphatic carbocycles. The number of para-hydroxylation sites is 1. The number of halogens is 3. The maximum absolute atomic E-state index is 12.9. The van der Waals surface area contributed by atoms with Crippen LogP contribution in [0.5, 0.6) is 5.75 Å². The van der Waals surface area contributed by atoms with Gasteiger partial charge >= 0.3 is 0 Å². The third-order valence-corrected chi connectivity index (χ3v) is 3.58. The van der Waals surface area contributed by atoms with Crippen LogP contribution in [0.4, 0.5) is 4.39 Å². The Kier molecular flexibility index (Phi) is 4.80. The topological polar surface area (TPSA) is 29.5 Å². The zero-order chi connectivity index (χ0) is 13.8. The molecule has 0 spiro atoms. The van der Waals surface area contributed by atoms with Crippen LogP contribution in [0.25, 0.3) is 0 Å². The van der Waals surface area contributed by atoms with E-state index in [1.165, 1.54) is 12.1 Å². The maximum Gasteiger partial charge on any atom is 0.139 e. The number of aliphatic hydroxyl groups is 1. The molecule has 2 nitrogen and oxygen atoms in total. The van der Waals surface area contributed by atoms with E-state index >= 15 is 0 Å². The van der Waals surface area contributed by atoms with E-state index in [0.29, 0.717) is 21.9 Å². The summed E-state index contributed by atoms with van der Waals surface area (Å²) in [6.07, 6.45) is 0. The van der Waals surface area contributed by atoms with E-state index in [9.17, 15) is 9.50 Å². The normalized spacial score (nSPS) is 10.5. The Morgan fingerprint density at radius 1 is 1.21 bits per heavy atom. The first kappa shape index (κ1) is 14.3. The van der Waals surface area contributed by atoms with Gasteiger partial charge in [-0.2, -0.15) is 0 Å². The molecule has 0 fully saturated rings. The highest BCUT2D eigenvalue weighted by atomic mass is 79.9. The fraction of sp³-hybridized carbons (Fsp3) is 0.143. The van der Waals surface area contributed by atoms with Gasteiger partial charge in [0.25, 0.3) is 0 Å². The van der Waals surface area contributed by atoms with Gasteiger partial charge in [-0.15, -0.1) is 0 Å². The van der Waals surface area contributed by atoms with E-state index in [2.05, 4.69) is 15.9 Å². The molecular weight excluding hydrogens is 335 g/mol. The van der Waals surface area contributed by atoms with Crippen molar-refractivity contribution < 1.29 is 14.2 Å². The first-order valence-corrected chi connectivity index (χ1v) is 6.74. The van der Waals surface area contributed by atoms with Crippen molar-refractivity contribution in [2.24, 2.45) is 0 Å². The van der Waals surface area contributed by atoms with Gasteiger partial charge in [0.1, 0.15) is 18.2 Å². The van der Waals surface area contributed by atoms with Crippen molar-refractivity contribution >= 4 is 27.5 Å². The molecule has 100 valence electrons. The smallest absolute Gasteiger partial charge is 0.139 e. The van der Waals surface area contributed by atoms with Gasteiger partial charge in [0.05, 0.1) is 16.1 Å². The largest absolute Gasteiger partial charge is 0.487 e. The lowest BCUT2D eigenvalue weighted by Crippen LogP contribution is -2.00. The molecule has 1 N–H and O–H groups in total. The molecule has 2 rings (SSSR count). The van der Waals surface area contributed by atoms with Crippen LogP contribution >= 0.6 is 27.5 Å². The lowest BCUT2D eigenvalue weighted by molar-refractivity contribution is 0.258. The second-order valence-corrected chi connectivity index (χ2v) is 5.17. The maximum atomic E-state index is 12.9. The Hall–Kier alpha value is -1.10. The third-order valence-electron chi connectivity index (χ3n) is 2.61. The predicted molar refractivity (Wildman–Crippen MR) is 75.8 cm³/mol. The average molecular weight is 346 g/mol. The van der Waals surface area contributed by atoms with Crippen molar-refractivity contribution in [1.82, 2.24) is 0 Å². The Bertz CT molecular complexity index is 590. The zero-order valence-electron chi connectivity index (χ0n) is 9.87. The van der Waals surface area contributed by atoms with Crippen LogP contribution in [0.15, 0.2) is 40.9 Å². The molecule has 0 radical (unpaired) electrons. The fourth-order valence-electron chi connectivity index (χ4n) is 1.63. The second-order valence-electron chi connectivity index (χ2n) is 3.91. The molecule has 0 amide bonds. The zero-order valence-corrected chi connectivity index (χ0v) is 12.2. The lowest BCUT2D eigenvalue weighted by Gasteiger charge is -2.12. The van der Waals surface area contributed by atoms with Gasteiger partial charge in [-0.25, -0.2) is 4.39 Å². The molecule has 0 heterocycles. The van der Waals surface area contributed by atoms with Crippen LogP contribution in [0.2, 0.25) is 5.02 Å². The standard InChI is InChI=1S/C14H11BrClFO2/c15-12-3-1-2-9(7-18)14(12)19-8-10-4-5-11(17)6-13(10)16/h1-6,18H,7-8H2. The second kappa shape index (κ2) is 6.37. The van der Waals surface area contributed by atoms with E-state index in [-0.39, 0.29) is 19.0 Å². The number of aliphatic hydroxyl groups excluding tert-OH is 1.